The Morgan fingerprint density at radius 2 is 2.26 bits per heavy atom. The van der Waals surface area contributed by atoms with Gasteiger partial charge >= 0.3 is 0 Å². The molecule has 2 rings (SSSR count). The Morgan fingerprint density at radius 1 is 1.53 bits per heavy atom. The van der Waals surface area contributed by atoms with E-state index in [0.29, 0.717) is 10.7 Å². The van der Waals surface area contributed by atoms with Crippen LogP contribution in [0.2, 0.25) is 0 Å². The van der Waals surface area contributed by atoms with Crippen LogP contribution in [0.25, 0.3) is 10.6 Å². The molecule has 19 heavy (non-hydrogen) atoms. The largest absolute Gasteiger partial charge is 0.355 e. The second-order valence-electron chi connectivity index (χ2n) is 4.34. The number of rotatable bonds is 5. The fourth-order valence-electron chi connectivity index (χ4n) is 1.61. The van der Waals surface area contributed by atoms with Gasteiger partial charge in [-0.3, -0.25) is 0 Å². The van der Waals surface area contributed by atoms with Gasteiger partial charge in [0, 0.05) is 17.0 Å². The second-order valence-corrected chi connectivity index (χ2v) is 7.28. The van der Waals surface area contributed by atoms with Crippen molar-refractivity contribution in [1.29, 1.82) is 0 Å². The molecule has 0 spiro atoms. The first-order valence-corrected chi connectivity index (χ1v) is 8.28. The number of nitrogens with one attached hydrogen (secondary N) is 1. The predicted octanol–water partition coefficient (Wildman–Crippen LogP) is 2.79. The topological polar surface area (TPSA) is 72.2 Å². The highest BCUT2D eigenvalue weighted by Crippen LogP contribution is 2.33. The van der Waals surface area contributed by atoms with Crippen molar-refractivity contribution in [3.05, 3.63) is 23.2 Å². The zero-order valence-corrected chi connectivity index (χ0v) is 12.6. The van der Waals surface area contributed by atoms with Crippen molar-refractivity contribution < 1.29 is 12.9 Å². The fraction of sp³-hybridized carbons (Fsp3) is 0.417. The molecule has 0 saturated heterocycles. The standard InChI is InChI=1S/C12H16N2O3S2/c1-4-8(2)14-19(15,16)12-7-11(18-9(12)3)10-5-6-13-17-10/h5-8,14H,4H2,1-3H3/t8-/m1/s1. The third-order valence-corrected chi connectivity index (χ3v) is 5.72. The quantitative estimate of drug-likeness (QED) is 0.921. The average Bonchev–Trinajstić information content (AvgIpc) is 2.96. The lowest BCUT2D eigenvalue weighted by Gasteiger charge is -2.11. The lowest BCUT2D eigenvalue weighted by atomic mass is 10.3. The first kappa shape index (κ1) is 14.2. The summed E-state index contributed by atoms with van der Waals surface area (Å²) in [7, 11) is -3.47. The molecule has 0 aliphatic rings. The minimum Gasteiger partial charge on any atom is -0.355 e. The van der Waals surface area contributed by atoms with Crippen LogP contribution in [0, 0.1) is 6.92 Å². The van der Waals surface area contributed by atoms with Crippen LogP contribution in [-0.4, -0.2) is 19.6 Å². The number of hydrogen-bond acceptors (Lipinski definition) is 5. The molecule has 1 atom stereocenters. The molecular weight excluding hydrogens is 284 g/mol. The summed E-state index contributed by atoms with van der Waals surface area (Å²) >= 11 is 1.38. The van der Waals surface area contributed by atoms with Crippen molar-refractivity contribution in [1.82, 2.24) is 9.88 Å². The van der Waals surface area contributed by atoms with Crippen LogP contribution >= 0.6 is 11.3 Å². The zero-order chi connectivity index (χ0) is 14.0. The van der Waals surface area contributed by atoms with Gasteiger partial charge in [0.1, 0.15) is 0 Å². The van der Waals surface area contributed by atoms with Crippen molar-refractivity contribution in [3.8, 4) is 10.6 Å². The molecule has 5 nitrogen and oxygen atoms in total. The molecule has 0 aromatic carbocycles. The van der Waals surface area contributed by atoms with E-state index < -0.39 is 10.0 Å². The van der Waals surface area contributed by atoms with Gasteiger partial charge in [-0.1, -0.05) is 12.1 Å². The summed E-state index contributed by atoms with van der Waals surface area (Å²) in [6.07, 6.45) is 2.29. The first-order valence-electron chi connectivity index (χ1n) is 5.98. The van der Waals surface area contributed by atoms with Crippen LogP contribution in [0.4, 0.5) is 0 Å². The number of nitrogens with zero attached hydrogens (tertiary/aromatic N) is 1. The number of aryl methyl sites for hydroxylation is 1. The minimum absolute atomic E-state index is 0.0852. The normalized spacial score (nSPS) is 13.6. The van der Waals surface area contributed by atoms with E-state index in [1.165, 1.54) is 17.5 Å². The molecule has 0 bridgehead atoms. The molecule has 0 unspecified atom stereocenters. The zero-order valence-electron chi connectivity index (χ0n) is 11.0. The van der Waals surface area contributed by atoms with E-state index in [-0.39, 0.29) is 6.04 Å². The van der Waals surface area contributed by atoms with Gasteiger partial charge in [0.2, 0.25) is 10.0 Å². The third-order valence-electron chi connectivity index (χ3n) is 2.81. The van der Waals surface area contributed by atoms with Crippen LogP contribution in [0.3, 0.4) is 0 Å². The maximum atomic E-state index is 12.3. The lowest BCUT2D eigenvalue weighted by molar-refractivity contribution is 0.433. The second kappa shape index (κ2) is 5.44. The molecule has 0 fully saturated rings. The molecule has 7 heteroatoms. The van der Waals surface area contributed by atoms with E-state index in [2.05, 4.69) is 9.88 Å². The number of sulfonamides is 1. The van der Waals surface area contributed by atoms with Gasteiger partial charge < -0.3 is 4.52 Å². The Morgan fingerprint density at radius 3 is 2.84 bits per heavy atom. The fourth-order valence-corrected chi connectivity index (χ4v) is 4.48. The summed E-state index contributed by atoms with van der Waals surface area (Å²) in [5, 5.41) is 3.63. The first-order chi connectivity index (χ1) is 8.94. The smallest absolute Gasteiger partial charge is 0.241 e. The third kappa shape index (κ3) is 3.05. The van der Waals surface area contributed by atoms with Crippen LogP contribution in [0.15, 0.2) is 27.7 Å². The summed E-state index contributed by atoms with van der Waals surface area (Å²) in [6, 6.07) is 3.26. The van der Waals surface area contributed by atoms with Crippen molar-refractivity contribution >= 4 is 21.4 Å². The minimum atomic E-state index is -3.47. The number of hydrogen-bond donors (Lipinski definition) is 1. The van der Waals surface area contributed by atoms with Crippen molar-refractivity contribution in [2.75, 3.05) is 0 Å². The van der Waals surface area contributed by atoms with Crippen LogP contribution < -0.4 is 4.72 Å². The highest BCUT2D eigenvalue weighted by atomic mass is 32.2. The highest BCUT2D eigenvalue weighted by Gasteiger charge is 2.22. The van der Waals surface area contributed by atoms with Crippen LogP contribution in [0.1, 0.15) is 25.1 Å². The average molecular weight is 300 g/mol. The number of aromatic nitrogens is 1. The van der Waals surface area contributed by atoms with Crippen LogP contribution in [0.5, 0.6) is 0 Å². The molecule has 0 saturated carbocycles. The van der Waals surface area contributed by atoms with Gasteiger partial charge in [-0.05, 0) is 26.3 Å². The number of thiophene rings is 1. The van der Waals surface area contributed by atoms with E-state index in [4.69, 9.17) is 4.52 Å². The SMILES string of the molecule is CC[C@@H](C)NS(=O)(=O)c1cc(-c2ccno2)sc1C. The Labute approximate surface area is 116 Å². The Bertz CT molecular complexity index is 645. The molecule has 0 amide bonds. The van der Waals surface area contributed by atoms with E-state index in [1.54, 1.807) is 19.1 Å². The van der Waals surface area contributed by atoms with E-state index >= 15 is 0 Å². The molecule has 1 N–H and O–H groups in total. The van der Waals surface area contributed by atoms with Gasteiger partial charge in [0.15, 0.2) is 5.76 Å². The van der Waals surface area contributed by atoms with Gasteiger partial charge in [0.05, 0.1) is 16.0 Å². The van der Waals surface area contributed by atoms with Crippen molar-refractivity contribution in [2.24, 2.45) is 0 Å². The predicted molar refractivity (Wildman–Crippen MR) is 74.6 cm³/mol. The summed E-state index contributed by atoms with van der Waals surface area (Å²) in [5.74, 6) is 0.582. The summed E-state index contributed by atoms with van der Waals surface area (Å²) < 4.78 is 32.2. The summed E-state index contributed by atoms with van der Waals surface area (Å²) in [4.78, 5) is 1.81. The van der Waals surface area contributed by atoms with E-state index in [1.807, 2.05) is 13.8 Å². The monoisotopic (exact) mass is 300 g/mol. The summed E-state index contributed by atoms with van der Waals surface area (Å²) in [6.45, 7) is 5.57. The van der Waals surface area contributed by atoms with Crippen molar-refractivity contribution in [3.63, 3.8) is 0 Å². The van der Waals surface area contributed by atoms with Gasteiger partial charge in [-0.25, -0.2) is 13.1 Å². The highest BCUT2D eigenvalue weighted by molar-refractivity contribution is 7.89. The molecule has 0 aliphatic heterocycles. The maximum absolute atomic E-state index is 12.3. The molecule has 104 valence electrons. The Kier molecular flexibility index (Phi) is 4.07. The molecular formula is C12H16N2O3S2. The molecule has 2 aromatic rings. The van der Waals surface area contributed by atoms with E-state index in [9.17, 15) is 8.42 Å². The molecule has 0 radical (unpaired) electrons. The maximum Gasteiger partial charge on any atom is 0.241 e. The Hall–Kier alpha value is -1.18. The van der Waals surface area contributed by atoms with Crippen LogP contribution in [-0.2, 0) is 10.0 Å². The molecule has 0 aliphatic carbocycles. The van der Waals surface area contributed by atoms with Crippen molar-refractivity contribution in [2.45, 2.75) is 38.1 Å². The molecule has 2 heterocycles. The Balaban J connectivity index is 2.36. The molecule has 2 aromatic heterocycles. The van der Waals surface area contributed by atoms with Gasteiger partial charge in [-0.2, -0.15) is 0 Å². The van der Waals surface area contributed by atoms with E-state index in [0.717, 1.165) is 16.2 Å². The van der Waals surface area contributed by atoms with Gasteiger partial charge in [0.25, 0.3) is 0 Å². The lowest BCUT2D eigenvalue weighted by Crippen LogP contribution is -2.32. The summed E-state index contributed by atoms with van der Waals surface area (Å²) in [5.41, 5.74) is 0. The van der Waals surface area contributed by atoms with Gasteiger partial charge in [-0.15, -0.1) is 11.3 Å².